The molecule has 0 saturated carbocycles. The second-order valence-electron chi connectivity index (χ2n) is 6.80. The van der Waals surface area contributed by atoms with E-state index in [2.05, 4.69) is 68.2 Å². The first-order chi connectivity index (χ1) is 13.9. The molecule has 5 heteroatoms. The third-order valence-electron chi connectivity index (χ3n) is 4.72. The fraction of sp³-hybridized carbons (Fsp3) is 0.167. The predicted molar refractivity (Wildman–Crippen MR) is 109 cm³/mol. The zero-order valence-corrected chi connectivity index (χ0v) is 17.8. The van der Waals surface area contributed by atoms with Gasteiger partial charge in [0, 0.05) is 37.4 Å². The van der Waals surface area contributed by atoms with Gasteiger partial charge in [0.25, 0.3) is 0 Å². The Hall–Kier alpha value is -2.92. The lowest BCUT2D eigenvalue weighted by atomic mass is 10.2. The summed E-state index contributed by atoms with van der Waals surface area (Å²) in [5.41, 5.74) is 4.33. The largest absolute Gasteiger partial charge is 1.00 e. The average molecular weight is 448 g/mol. The van der Waals surface area contributed by atoms with Crippen LogP contribution in [0.5, 0.6) is 0 Å². The Morgan fingerprint density at radius 3 is 1.48 bits per heavy atom. The monoisotopic (exact) mass is 447 g/mol. The van der Waals surface area contributed by atoms with Crippen molar-refractivity contribution in [3.63, 3.8) is 0 Å². The second kappa shape index (κ2) is 10.6. The van der Waals surface area contributed by atoms with E-state index >= 15 is 0 Å². The van der Waals surface area contributed by atoms with E-state index in [1.54, 1.807) is 0 Å². The maximum atomic E-state index is 4.44. The Kier molecular flexibility index (Phi) is 7.59. The number of rotatable bonds is 7. The number of aryl methyl sites for hydroxylation is 2. The summed E-state index contributed by atoms with van der Waals surface area (Å²) >= 11 is 0. The van der Waals surface area contributed by atoms with E-state index in [-0.39, 0.29) is 17.0 Å². The van der Waals surface area contributed by atoms with Crippen molar-refractivity contribution in [1.29, 1.82) is 0 Å². The van der Waals surface area contributed by atoms with Gasteiger partial charge >= 0.3 is 0 Å². The summed E-state index contributed by atoms with van der Waals surface area (Å²) in [4.78, 5) is 8.88. The van der Waals surface area contributed by atoms with Gasteiger partial charge in [-0.1, -0.05) is 12.1 Å². The molecule has 146 valence electrons. The highest BCUT2D eigenvalue weighted by Gasteiger charge is 2.08. The van der Waals surface area contributed by atoms with Crippen LogP contribution in [0.15, 0.2) is 97.8 Å². The fourth-order valence-corrected chi connectivity index (χ4v) is 3.28. The molecule has 0 fully saturated rings. The molecule has 0 N–H and O–H groups in total. The molecule has 0 bridgehead atoms. The summed E-state index contributed by atoms with van der Waals surface area (Å²) in [6.07, 6.45) is 14.5. The van der Waals surface area contributed by atoms with Gasteiger partial charge < -0.3 is 17.0 Å². The van der Waals surface area contributed by atoms with Crippen LogP contribution in [0, 0.1) is 0 Å². The number of pyridine rings is 4. The summed E-state index contributed by atoms with van der Waals surface area (Å²) in [5.74, 6) is 0. The maximum absolute atomic E-state index is 4.44. The van der Waals surface area contributed by atoms with E-state index in [9.17, 15) is 0 Å². The summed E-state index contributed by atoms with van der Waals surface area (Å²) in [5, 5.41) is 0. The summed E-state index contributed by atoms with van der Waals surface area (Å²) in [6.45, 7) is 2.00. The van der Waals surface area contributed by atoms with Crippen LogP contribution < -0.4 is 26.1 Å². The lowest BCUT2D eigenvalue weighted by Crippen LogP contribution is -3.00. The first-order valence-corrected chi connectivity index (χ1v) is 9.69. The quantitative estimate of drug-likeness (QED) is 0.311. The molecule has 0 amide bonds. The van der Waals surface area contributed by atoms with Crippen molar-refractivity contribution in [2.75, 3.05) is 0 Å². The molecule has 4 aromatic rings. The smallest absolute Gasteiger partial charge is 0.178 e. The summed E-state index contributed by atoms with van der Waals surface area (Å²) < 4.78 is 4.50. The first-order valence-electron chi connectivity index (χ1n) is 9.69. The Labute approximate surface area is 182 Å². The van der Waals surface area contributed by atoms with Crippen LogP contribution in [0.2, 0.25) is 0 Å². The van der Waals surface area contributed by atoms with Gasteiger partial charge in [0.2, 0.25) is 0 Å². The topological polar surface area (TPSA) is 33.5 Å². The van der Waals surface area contributed by atoms with E-state index < -0.39 is 0 Å². The van der Waals surface area contributed by atoms with Crippen LogP contribution in [0.4, 0.5) is 0 Å². The molecule has 4 aromatic heterocycles. The molecule has 4 nitrogen and oxygen atoms in total. The minimum atomic E-state index is 0. The number of halogens is 1. The molecule has 0 aliphatic rings. The van der Waals surface area contributed by atoms with Crippen molar-refractivity contribution >= 4 is 0 Å². The third-order valence-corrected chi connectivity index (χ3v) is 4.72. The lowest BCUT2D eigenvalue weighted by Gasteiger charge is -2.02. The number of hydrogen-bond donors (Lipinski definition) is 0. The standard InChI is InChI=1S/C24H24N4.BrH/c1-3-13-25-23(11-1)21-9-7-17-27(19-21)15-5-6-16-28-18-8-10-22(20-28)24-12-2-4-14-26-24;/h1-4,7-14,17-20H,5-6,15-16H2;1H/q+2;/p-1. The molecule has 4 rings (SSSR count). The molecule has 0 aliphatic carbocycles. The SMILES string of the molecule is [Br-].c1ccc(-c2ccc[n+](CCCC[n+]3cccc(-c4ccccn4)c3)c2)nc1. The van der Waals surface area contributed by atoms with Crippen LogP contribution in [-0.4, -0.2) is 9.97 Å². The number of aromatic nitrogens is 4. The third kappa shape index (κ3) is 5.78. The highest BCUT2D eigenvalue weighted by molar-refractivity contribution is 5.56. The summed E-state index contributed by atoms with van der Waals surface area (Å²) in [6, 6.07) is 20.4. The normalized spacial score (nSPS) is 10.3. The fourth-order valence-electron chi connectivity index (χ4n) is 3.28. The predicted octanol–water partition coefficient (Wildman–Crippen LogP) is 0.870. The van der Waals surface area contributed by atoms with Gasteiger partial charge in [-0.15, -0.1) is 0 Å². The van der Waals surface area contributed by atoms with Gasteiger partial charge in [-0.3, -0.25) is 9.97 Å². The molecule has 0 atom stereocenters. The van der Waals surface area contributed by atoms with Crippen molar-refractivity contribution in [3.8, 4) is 22.5 Å². The van der Waals surface area contributed by atoms with Crippen LogP contribution >= 0.6 is 0 Å². The van der Waals surface area contributed by atoms with Gasteiger partial charge in [0.1, 0.15) is 13.1 Å². The van der Waals surface area contributed by atoms with Crippen LogP contribution in [0.25, 0.3) is 22.5 Å². The van der Waals surface area contributed by atoms with E-state index in [1.807, 2.05) is 48.8 Å². The number of hydrogen-bond acceptors (Lipinski definition) is 2. The Balaban J connectivity index is 0.00000240. The molecular weight excluding hydrogens is 424 g/mol. The van der Waals surface area contributed by atoms with E-state index in [0.717, 1.165) is 48.4 Å². The van der Waals surface area contributed by atoms with E-state index in [0.29, 0.717) is 0 Å². The van der Waals surface area contributed by atoms with Crippen molar-refractivity contribution < 1.29 is 26.1 Å². The first kappa shape index (κ1) is 20.8. The van der Waals surface area contributed by atoms with E-state index in [4.69, 9.17) is 0 Å². The van der Waals surface area contributed by atoms with Crippen LogP contribution in [0.1, 0.15) is 12.8 Å². The van der Waals surface area contributed by atoms with Gasteiger partial charge in [0.05, 0.1) is 22.5 Å². The highest BCUT2D eigenvalue weighted by atomic mass is 79.9. The van der Waals surface area contributed by atoms with Crippen molar-refractivity contribution in [2.24, 2.45) is 0 Å². The average Bonchev–Trinajstić information content (AvgIpc) is 2.78. The Morgan fingerprint density at radius 1 is 0.586 bits per heavy atom. The van der Waals surface area contributed by atoms with Gasteiger partial charge in [-0.25, -0.2) is 9.13 Å². The van der Waals surface area contributed by atoms with Crippen LogP contribution in [0.3, 0.4) is 0 Å². The zero-order chi connectivity index (χ0) is 19.0. The molecule has 29 heavy (non-hydrogen) atoms. The van der Waals surface area contributed by atoms with Crippen LogP contribution in [-0.2, 0) is 13.1 Å². The Bertz CT molecular complexity index is 938. The molecule has 4 heterocycles. The molecule has 0 aromatic carbocycles. The zero-order valence-electron chi connectivity index (χ0n) is 16.2. The number of unbranched alkanes of at least 4 members (excludes halogenated alkanes) is 1. The maximum Gasteiger partial charge on any atom is 0.178 e. The van der Waals surface area contributed by atoms with Gasteiger partial charge in [-0.2, -0.15) is 0 Å². The van der Waals surface area contributed by atoms with E-state index in [1.165, 1.54) is 0 Å². The molecule has 0 saturated heterocycles. The molecule has 0 radical (unpaired) electrons. The minimum Gasteiger partial charge on any atom is -1.00 e. The second-order valence-corrected chi connectivity index (χ2v) is 6.80. The Morgan fingerprint density at radius 2 is 1.07 bits per heavy atom. The van der Waals surface area contributed by atoms with Crippen molar-refractivity contribution in [2.45, 2.75) is 25.9 Å². The molecular formula is C24H24BrN4+. The molecule has 0 spiro atoms. The molecule has 0 aliphatic heterocycles. The number of nitrogens with zero attached hydrogens (tertiary/aromatic N) is 4. The minimum absolute atomic E-state index is 0. The van der Waals surface area contributed by atoms with Gasteiger partial charge in [0.15, 0.2) is 24.8 Å². The van der Waals surface area contributed by atoms with Gasteiger partial charge in [-0.05, 0) is 36.4 Å². The van der Waals surface area contributed by atoms with Crippen molar-refractivity contribution in [1.82, 2.24) is 9.97 Å². The summed E-state index contributed by atoms with van der Waals surface area (Å²) in [7, 11) is 0. The van der Waals surface area contributed by atoms with Crippen molar-refractivity contribution in [3.05, 3.63) is 97.8 Å². The molecule has 0 unspecified atom stereocenters. The lowest BCUT2D eigenvalue weighted by molar-refractivity contribution is -0.707. The highest BCUT2D eigenvalue weighted by Crippen LogP contribution is 2.14.